The Kier molecular flexibility index (Phi) is 5.93. The van der Waals surface area contributed by atoms with Gasteiger partial charge in [0.1, 0.15) is 0 Å². The van der Waals surface area contributed by atoms with E-state index in [4.69, 9.17) is 0 Å². The van der Waals surface area contributed by atoms with E-state index < -0.39 is 6.09 Å². The summed E-state index contributed by atoms with van der Waals surface area (Å²) in [7, 11) is 1.31. The van der Waals surface area contributed by atoms with E-state index in [1.54, 1.807) is 29.7 Å². The number of carbonyl (C=O) groups is 2. The van der Waals surface area contributed by atoms with E-state index in [0.717, 1.165) is 15.4 Å². The minimum absolute atomic E-state index is 0.243. The van der Waals surface area contributed by atoms with E-state index >= 15 is 0 Å². The van der Waals surface area contributed by atoms with Gasteiger partial charge in [0, 0.05) is 23.3 Å². The largest absolute Gasteiger partial charge is 0.453 e. The zero-order valence-corrected chi connectivity index (χ0v) is 13.7. The summed E-state index contributed by atoms with van der Waals surface area (Å²) in [6.45, 7) is 2.78. The second-order valence-corrected chi connectivity index (χ2v) is 6.01. The van der Waals surface area contributed by atoms with Crippen LogP contribution in [0.2, 0.25) is 0 Å². The summed E-state index contributed by atoms with van der Waals surface area (Å²) < 4.78 is 4.51. The number of hydrogen-bond acceptors (Lipinski definition) is 5. The van der Waals surface area contributed by atoms with Crippen LogP contribution in [0.15, 0.2) is 30.5 Å². The zero-order chi connectivity index (χ0) is 16.7. The van der Waals surface area contributed by atoms with Gasteiger partial charge < -0.3 is 15.4 Å². The van der Waals surface area contributed by atoms with Gasteiger partial charge >= 0.3 is 12.1 Å². The fourth-order valence-corrected chi connectivity index (χ4v) is 2.51. The van der Waals surface area contributed by atoms with E-state index in [1.807, 2.05) is 19.1 Å². The van der Waals surface area contributed by atoms with E-state index in [2.05, 4.69) is 25.7 Å². The monoisotopic (exact) mass is 334 g/mol. The Morgan fingerprint density at radius 1 is 1.17 bits per heavy atom. The van der Waals surface area contributed by atoms with Crippen molar-refractivity contribution in [3.05, 3.63) is 45.9 Å². The molecule has 1 aromatic heterocycles. The van der Waals surface area contributed by atoms with Gasteiger partial charge in [0.25, 0.3) is 0 Å². The van der Waals surface area contributed by atoms with Crippen molar-refractivity contribution < 1.29 is 14.3 Å². The summed E-state index contributed by atoms with van der Waals surface area (Å²) in [5.74, 6) is 0. The third-order valence-electron chi connectivity index (χ3n) is 2.93. The van der Waals surface area contributed by atoms with Crippen LogP contribution in [0.1, 0.15) is 15.4 Å². The Morgan fingerprint density at radius 3 is 2.48 bits per heavy atom. The third kappa shape index (κ3) is 5.59. The van der Waals surface area contributed by atoms with Gasteiger partial charge in [0.05, 0.1) is 18.7 Å². The van der Waals surface area contributed by atoms with Crippen LogP contribution >= 0.6 is 11.3 Å². The van der Waals surface area contributed by atoms with E-state index in [9.17, 15) is 9.59 Å². The Labute approximate surface area is 138 Å². The molecule has 0 saturated heterocycles. The first-order valence-corrected chi connectivity index (χ1v) is 7.75. The number of benzene rings is 1. The van der Waals surface area contributed by atoms with Crippen LogP contribution in [0.25, 0.3) is 0 Å². The molecule has 122 valence electrons. The molecule has 0 fully saturated rings. The zero-order valence-electron chi connectivity index (χ0n) is 12.9. The van der Waals surface area contributed by atoms with Gasteiger partial charge in [-0.1, -0.05) is 12.1 Å². The molecule has 0 bridgehead atoms. The summed E-state index contributed by atoms with van der Waals surface area (Å²) in [6.07, 6.45) is 1.24. The first-order valence-electron chi connectivity index (χ1n) is 6.93. The molecule has 0 atom stereocenters. The quantitative estimate of drug-likeness (QED) is 0.784. The molecule has 1 heterocycles. The first-order chi connectivity index (χ1) is 11.1. The molecule has 0 aliphatic carbocycles. The van der Waals surface area contributed by atoms with Crippen molar-refractivity contribution in [2.24, 2.45) is 0 Å². The lowest BCUT2D eigenvalue weighted by atomic mass is 10.2. The van der Waals surface area contributed by atoms with Crippen LogP contribution in [0.3, 0.4) is 0 Å². The number of anilines is 1. The van der Waals surface area contributed by atoms with Gasteiger partial charge in [0.15, 0.2) is 0 Å². The van der Waals surface area contributed by atoms with Crippen molar-refractivity contribution in [1.29, 1.82) is 0 Å². The number of aromatic nitrogens is 1. The Morgan fingerprint density at radius 2 is 1.87 bits per heavy atom. The topological polar surface area (TPSA) is 92.4 Å². The molecule has 0 saturated carbocycles. The molecule has 0 radical (unpaired) electrons. The highest BCUT2D eigenvalue weighted by atomic mass is 32.1. The van der Waals surface area contributed by atoms with Crippen LogP contribution in [-0.4, -0.2) is 24.2 Å². The maximum atomic E-state index is 11.7. The molecule has 0 aliphatic heterocycles. The Hall–Kier alpha value is -2.61. The highest BCUT2D eigenvalue weighted by molar-refractivity contribution is 7.11. The molecule has 7 nitrogen and oxygen atoms in total. The average molecular weight is 334 g/mol. The molecule has 0 spiro atoms. The fraction of sp³-hybridized carbons (Fsp3) is 0.267. The van der Waals surface area contributed by atoms with Crippen LogP contribution < -0.4 is 16.0 Å². The minimum Gasteiger partial charge on any atom is -0.453 e. The molecule has 0 unspecified atom stereocenters. The van der Waals surface area contributed by atoms with Crippen molar-refractivity contribution in [3.63, 3.8) is 0 Å². The smallest absolute Gasteiger partial charge is 0.411 e. The van der Waals surface area contributed by atoms with Gasteiger partial charge in [-0.2, -0.15) is 0 Å². The van der Waals surface area contributed by atoms with Crippen molar-refractivity contribution in [3.8, 4) is 0 Å². The number of nitrogens with zero attached hydrogens (tertiary/aromatic N) is 1. The number of hydrogen-bond donors (Lipinski definition) is 3. The summed E-state index contributed by atoms with van der Waals surface area (Å²) in [6, 6.07) is 6.88. The maximum absolute atomic E-state index is 11.7. The standard InChI is InChI=1S/C15H18N4O3S/c1-10-16-8-13(23-10)9-18-14(20)17-7-11-3-5-12(6-4-11)19-15(21)22-2/h3-6,8H,7,9H2,1-2H3,(H,19,21)(H2,17,18,20). The van der Waals surface area contributed by atoms with Gasteiger partial charge in [-0.05, 0) is 24.6 Å². The van der Waals surface area contributed by atoms with Crippen molar-refractivity contribution in [2.75, 3.05) is 12.4 Å². The van der Waals surface area contributed by atoms with Gasteiger partial charge in [-0.3, -0.25) is 5.32 Å². The van der Waals surface area contributed by atoms with Gasteiger partial charge in [-0.15, -0.1) is 11.3 Å². The molecule has 3 amide bonds. The third-order valence-corrected chi connectivity index (χ3v) is 3.84. The number of methoxy groups -OCH3 is 1. The lowest BCUT2D eigenvalue weighted by molar-refractivity contribution is 0.187. The molecular weight excluding hydrogens is 316 g/mol. The average Bonchev–Trinajstić information content (AvgIpc) is 2.97. The van der Waals surface area contributed by atoms with Crippen molar-refractivity contribution >= 4 is 29.1 Å². The SMILES string of the molecule is COC(=O)Nc1ccc(CNC(=O)NCc2cnc(C)s2)cc1. The second-order valence-electron chi connectivity index (χ2n) is 4.70. The maximum Gasteiger partial charge on any atom is 0.411 e. The van der Waals surface area contributed by atoms with Crippen molar-refractivity contribution in [2.45, 2.75) is 20.0 Å². The lowest BCUT2D eigenvalue weighted by Gasteiger charge is -2.08. The molecule has 2 aromatic rings. The number of urea groups is 1. The second kappa shape index (κ2) is 8.14. The number of amides is 3. The lowest BCUT2D eigenvalue weighted by Crippen LogP contribution is -2.34. The fourth-order valence-electron chi connectivity index (χ4n) is 1.77. The molecule has 0 aliphatic rings. The normalized spacial score (nSPS) is 10.0. The summed E-state index contributed by atoms with van der Waals surface area (Å²) in [5.41, 5.74) is 1.55. The molecule has 3 N–H and O–H groups in total. The predicted octanol–water partition coefficient (Wildman–Crippen LogP) is 2.63. The molecular formula is C15H18N4O3S. The number of aryl methyl sites for hydroxylation is 1. The number of carbonyl (C=O) groups excluding carboxylic acids is 2. The summed E-state index contributed by atoms with van der Waals surface area (Å²) >= 11 is 1.55. The Bertz CT molecular complexity index is 670. The highest BCUT2D eigenvalue weighted by Crippen LogP contribution is 2.11. The van der Waals surface area contributed by atoms with Crippen LogP contribution in [-0.2, 0) is 17.8 Å². The van der Waals surface area contributed by atoms with Gasteiger partial charge in [-0.25, -0.2) is 14.6 Å². The van der Waals surface area contributed by atoms with E-state index in [0.29, 0.717) is 18.8 Å². The number of thiazole rings is 1. The first kappa shape index (κ1) is 16.8. The van der Waals surface area contributed by atoms with E-state index in [1.165, 1.54) is 7.11 Å². The Balaban J connectivity index is 1.74. The number of ether oxygens (including phenoxy) is 1. The molecule has 8 heteroatoms. The van der Waals surface area contributed by atoms with Crippen LogP contribution in [0.4, 0.5) is 15.3 Å². The molecule has 1 aromatic carbocycles. The number of rotatable bonds is 5. The summed E-state index contributed by atoms with van der Waals surface area (Å²) in [5, 5.41) is 9.08. The number of nitrogens with one attached hydrogen (secondary N) is 3. The predicted molar refractivity (Wildman–Crippen MR) is 88.4 cm³/mol. The van der Waals surface area contributed by atoms with Crippen LogP contribution in [0, 0.1) is 6.92 Å². The summed E-state index contributed by atoms with van der Waals surface area (Å²) in [4.78, 5) is 27.9. The van der Waals surface area contributed by atoms with E-state index in [-0.39, 0.29) is 6.03 Å². The van der Waals surface area contributed by atoms with Crippen LogP contribution in [0.5, 0.6) is 0 Å². The highest BCUT2D eigenvalue weighted by Gasteiger charge is 2.04. The van der Waals surface area contributed by atoms with Gasteiger partial charge in [0.2, 0.25) is 0 Å². The molecule has 2 rings (SSSR count). The minimum atomic E-state index is -0.520. The van der Waals surface area contributed by atoms with Crippen molar-refractivity contribution in [1.82, 2.24) is 15.6 Å². The molecule has 23 heavy (non-hydrogen) atoms.